The van der Waals surface area contributed by atoms with Crippen molar-refractivity contribution in [3.8, 4) is 11.4 Å². The number of benzene rings is 1. The van der Waals surface area contributed by atoms with Gasteiger partial charge in [-0.25, -0.2) is 27.0 Å². The van der Waals surface area contributed by atoms with E-state index in [-0.39, 0.29) is 27.7 Å². The second-order valence-electron chi connectivity index (χ2n) is 6.19. The lowest BCUT2D eigenvalue weighted by atomic mass is 10.1. The Morgan fingerprint density at radius 2 is 1.97 bits per heavy atom. The van der Waals surface area contributed by atoms with Gasteiger partial charge in [-0.2, -0.15) is 0 Å². The van der Waals surface area contributed by atoms with E-state index >= 15 is 0 Å². The summed E-state index contributed by atoms with van der Waals surface area (Å²) in [5, 5.41) is 10.3. The number of anilines is 1. The molecule has 0 bridgehead atoms. The Balaban J connectivity index is 1.79. The zero-order valence-electron chi connectivity index (χ0n) is 16.3. The molecule has 30 heavy (non-hydrogen) atoms. The maximum atomic E-state index is 13.9. The van der Waals surface area contributed by atoms with Crippen molar-refractivity contribution in [3.63, 3.8) is 0 Å². The SMILES string of the molecule is CNS(=O)(=O)c1ccc(-c2nnn(C)c2NC(=O)O[C@H](C)c2ccccc2F)nc1. The van der Waals surface area contributed by atoms with Crippen molar-refractivity contribution in [1.82, 2.24) is 24.7 Å². The van der Waals surface area contributed by atoms with Crippen LogP contribution in [-0.2, 0) is 21.8 Å². The molecule has 0 aliphatic carbocycles. The van der Waals surface area contributed by atoms with Gasteiger partial charge in [-0.1, -0.05) is 23.4 Å². The molecule has 0 aliphatic rings. The van der Waals surface area contributed by atoms with Gasteiger partial charge in [-0.15, -0.1) is 5.10 Å². The van der Waals surface area contributed by atoms with Gasteiger partial charge >= 0.3 is 6.09 Å². The number of ether oxygens (including phenoxy) is 1. The van der Waals surface area contributed by atoms with Gasteiger partial charge in [0, 0.05) is 18.8 Å². The third-order valence-corrected chi connectivity index (χ3v) is 5.63. The Hall–Kier alpha value is -3.38. The number of hydrogen-bond acceptors (Lipinski definition) is 7. The fourth-order valence-electron chi connectivity index (χ4n) is 2.62. The van der Waals surface area contributed by atoms with Gasteiger partial charge in [-0.05, 0) is 32.2 Å². The number of pyridine rings is 1. The Morgan fingerprint density at radius 1 is 1.23 bits per heavy atom. The molecule has 3 rings (SSSR count). The molecule has 1 atom stereocenters. The van der Waals surface area contributed by atoms with E-state index in [4.69, 9.17) is 4.74 Å². The molecule has 1 amide bonds. The monoisotopic (exact) mass is 434 g/mol. The van der Waals surface area contributed by atoms with E-state index in [1.54, 1.807) is 26.1 Å². The zero-order valence-corrected chi connectivity index (χ0v) is 17.1. The van der Waals surface area contributed by atoms with Crippen LogP contribution in [0, 0.1) is 5.82 Å². The lowest BCUT2D eigenvalue weighted by molar-refractivity contribution is 0.119. The van der Waals surface area contributed by atoms with Crippen molar-refractivity contribution in [2.45, 2.75) is 17.9 Å². The lowest BCUT2D eigenvalue weighted by Crippen LogP contribution is -2.19. The summed E-state index contributed by atoms with van der Waals surface area (Å²) in [4.78, 5) is 16.4. The molecule has 2 aromatic heterocycles. The normalized spacial score (nSPS) is 12.4. The van der Waals surface area contributed by atoms with Gasteiger partial charge in [0.25, 0.3) is 0 Å². The molecule has 0 saturated heterocycles. The molecule has 3 aromatic rings. The van der Waals surface area contributed by atoms with Crippen LogP contribution in [0.15, 0.2) is 47.5 Å². The average molecular weight is 434 g/mol. The molecular formula is C18H19FN6O4S. The predicted molar refractivity (Wildman–Crippen MR) is 105 cm³/mol. The van der Waals surface area contributed by atoms with E-state index in [1.165, 1.54) is 36.0 Å². The lowest BCUT2D eigenvalue weighted by Gasteiger charge is -2.15. The summed E-state index contributed by atoms with van der Waals surface area (Å²) in [6.45, 7) is 1.54. The number of aryl methyl sites for hydroxylation is 1. The number of aromatic nitrogens is 4. The maximum Gasteiger partial charge on any atom is 0.413 e. The molecule has 12 heteroatoms. The second-order valence-corrected chi connectivity index (χ2v) is 8.08. The van der Waals surface area contributed by atoms with Gasteiger partial charge in [-0.3, -0.25) is 10.3 Å². The first-order valence-corrected chi connectivity index (χ1v) is 10.2. The summed E-state index contributed by atoms with van der Waals surface area (Å²) in [6, 6.07) is 8.77. The number of halogens is 1. The summed E-state index contributed by atoms with van der Waals surface area (Å²) in [6.07, 6.45) is -0.509. The average Bonchev–Trinajstić information content (AvgIpc) is 3.08. The van der Waals surface area contributed by atoms with Crippen molar-refractivity contribution >= 4 is 21.9 Å². The minimum absolute atomic E-state index is 0.0229. The van der Waals surface area contributed by atoms with Gasteiger partial charge in [0.1, 0.15) is 16.8 Å². The van der Waals surface area contributed by atoms with Crippen LogP contribution in [0.1, 0.15) is 18.6 Å². The van der Waals surface area contributed by atoms with Crippen molar-refractivity contribution in [1.29, 1.82) is 0 Å². The summed E-state index contributed by atoms with van der Waals surface area (Å²) in [7, 11) is -0.797. The first-order valence-electron chi connectivity index (χ1n) is 8.74. The van der Waals surface area contributed by atoms with E-state index in [0.717, 1.165) is 6.20 Å². The number of sulfonamides is 1. The minimum atomic E-state index is -3.64. The molecule has 0 fully saturated rings. The Bertz CT molecular complexity index is 1160. The van der Waals surface area contributed by atoms with Crippen molar-refractivity contribution in [2.75, 3.05) is 12.4 Å². The molecular weight excluding hydrogens is 415 g/mol. The van der Waals surface area contributed by atoms with Crippen LogP contribution < -0.4 is 10.0 Å². The van der Waals surface area contributed by atoms with Crippen molar-refractivity contribution in [2.24, 2.45) is 7.05 Å². The molecule has 0 unspecified atom stereocenters. The molecule has 10 nitrogen and oxygen atoms in total. The minimum Gasteiger partial charge on any atom is -0.441 e. The smallest absolute Gasteiger partial charge is 0.413 e. The van der Waals surface area contributed by atoms with E-state index in [0.29, 0.717) is 0 Å². The predicted octanol–water partition coefficient (Wildman–Crippen LogP) is 2.23. The highest BCUT2D eigenvalue weighted by atomic mass is 32.2. The highest BCUT2D eigenvalue weighted by Gasteiger charge is 2.21. The molecule has 2 N–H and O–H groups in total. The van der Waals surface area contributed by atoms with Crippen LogP contribution in [-0.4, -0.2) is 41.5 Å². The summed E-state index contributed by atoms with van der Waals surface area (Å²) in [5.41, 5.74) is 0.732. The van der Waals surface area contributed by atoms with Crippen LogP contribution >= 0.6 is 0 Å². The summed E-state index contributed by atoms with van der Waals surface area (Å²) >= 11 is 0. The number of carbonyl (C=O) groups excluding carboxylic acids is 1. The van der Waals surface area contributed by atoms with Crippen LogP contribution in [0.5, 0.6) is 0 Å². The summed E-state index contributed by atoms with van der Waals surface area (Å²) in [5.74, 6) is -0.307. The molecule has 0 aliphatic heterocycles. The van der Waals surface area contributed by atoms with Crippen molar-refractivity contribution < 1.29 is 22.3 Å². The quantitative estimate of drug-likeness (QED) is 0.609. The number of hydrogen-bond donors (Lipinski definition) is 2. The number of amides is 1. The van der Waals surface area contributed by atoms with Gasteiger partial charge in [0.15, 0.2) is 11.5 Å². The third-order valence-electron chi connectivity index (χ3n) is 4.23. The number of carbonyl (C=O) groups is 1. The van der Waals surface area contributed by atoms with Gasteiger partial charge < -0.3 is 4.74 Å². The fourth-order valence-corrected chi connectivity index (χ4v) is 3.30. The van der Waals surface area contributed by atoms with E-state index in [9.17, 15) is 17.6 Å². The van der Waals surface area contributed by atoms with E-state index in [2.05, 4.69) is 25.3 Å². The standard InChI is InChI=1S/C18H19FN6O4S/c1-11(13-6-4-5-7-14(13)19)29-18(26)22-17-16(23-24-25(17)3)15-9-8-12(10-21-15)30(27,28)20-2/h4-11,20H,1-3H3,(H,22,26)/t11-/m1/s1. The molecule has 0 radical (unpaired) electrons. The zero-order chi connectivity index (χ0) is 21.9. The first-order chi connectivity index (χ1) is 14.2. The van der Waals surface area contributed by atoms with Crippen LogP contribution in [0.4, 0.5) is 15.0 Å². The highest BCUT2D eigenvalue weighted by molar-refractivity contribution is 7.89. The molecule has 2 heterocycles. The maximum absolute atomic E-state index is 13.9. The van der Waals surface area contributed by atoms with Crippen molar-refractivity contribution in [3.05, 3.63) is 54.0 Å². The number of nitrogens with one attached hydrogen (secondary N) is 2. The third kappa shape index (κ3) is 4.44. The van der Waals surface area contributed by atoms with Crippen LogP contribution in [0.3, 0.4) is 0 Å². The number of rotatable bonds is 6. The van der Waals surface area contributed by atoms with Crippen LogP contribution in [0.2, 0.25) is 0 Å². The Labute approximate surface area is 172 Å². The molecule has 1 aromatic carbocycles. The highest BCUT2D eigenvalue weighted by Crippen LogP contribution is 2.25. The first kappa shape index (κ1) is 21.3. The molecule has 0 spiro atoms. The topological polar surface area (TPSA) is 128 Å². The van der Waals surface area contributed by atoms with E-state index in [1.807, 2.05) is 0 Å². The Morgan fingerprint density at radius 3 is 2.60 bits per heavy atom. The fraction of sp³-hybridized carbons (Fsp3) is 0.222. The van der Waals surface area contributed by atoms with E-state index < -0.39 is 28.0 Å². The van der Waals surface area contributed by atoms with Gasteiger partial charge in [0.2, 0.25) is 10.0 Å². The number of nitrogens with zero attached hydrogens (tertiary/aromatic N) is 4. The van der Waals surface area contributed by atoms with Crippen LogP contribution in [0.25, 0.3) is 11.4 Å². The molecule has 0 saturated carbocycles. The molecule has 158 valence electrons. The van der Waals surface area contributed by atoms with Gasteiger partial charge in [0.05, 0.1) is 5.69 Å². The Kier molecular flexibility index (Phi) is 6.08. The summed E-state index contributed by atoms with van der Waals surface area (Å²) < 4.78 is 46.3. The second kappa shape index (κ2) is 8.55. The largest absolute Gasteiger partial charge is 0.441 e.